The number of aliphatic imine (C=N–C) groups is 1. The molecule has 0 spiro atoms. The summed E-state index contributed by atoms with van der Waals surface area (Å²) in [4.78, 5) is 3.99. The van der Waals surface area contributed by atoms with E-state index in [9.17, 15) is 0 Å². The molecular formula is C8H13Cl2N. The van der Waals surface area contributed by atoms with Gasteiger partial charge in [0.2, 0.25) is 0 Å². The standard InChI is InChI=1S/C8H13Cl2N/c1-4-11-6(9)7(2)5-8(7,3)10/h4-5H2,1-3H3/b11-6-. The van der Waals surface area contributed by atoms with Gasteiger partial charge >= 0.3 is 0 Å². The fraction of sp³-hybridized carbons (Fsp3) is 0.875. The molecule has 11 heavy (non-hydrogen) atoms. The van der Waals surface area contributed by atoms with Crippen LogP contribution in [0.15, 0.2) is 4.99 Å². The van der Waals surface area contributed by atoms with Crippen molar-refractivity contribution in [2.45, 2.75) is 32.1 Å². The van der Waals surface area contributed by atoms with Crippen LogP contribution in [-0.2, 0) is 0 Å². The van der Waals surface area contributed by atoms with Crippen LogP contribution in [0.2, 0.25) is 0 Å². The van der Waals surface area contributed by atoms with Crippen molar-refractivity contribution in [2.24, 2.45) is 10.4 Å². The molecule has 3 heteroatoms. The van der Waals surface area contributed by atoms with Crippen LogP contribution in [-0.4, -0.2) is 16.6 Å². The lowest BCUT2D eigenvalue weighted by Gasteiger charge is -2.10. The van der Waals surface area contributed by atoms with Crippen LogP contribution in [0.4, 0.5) is 0 Å². The average molecular weight is 194 g/mol. The Morgan fingerprint density at radius 3 is 2.27 bits per heavy atom. The van der Waals surface area contributed by atoms with Crippen molar-refractivity contribution in [3.8, 4) is 0 Å². The first-order valence-electron chi connectivity index (χ1n) is 3.83. The first-order chi connectivity index (χ1) is 4.94. The molecule has 1 rings (SSSR count). The highest BCUT2D eigenvalue weighted by Crippen LogP contribution is 2.62. The fourth-order valence-corrected chi connectivity index (χ4v) is 2.02. The van der Waals surface area contributed by atoms with Gasteiger partial charge in [-0.1, -0.05) is 18.5 Å². The van der Waals surface area contributed by atoms with Gasteiger partial charge in [0, 0.05) is 12.0 Å². The molecule has 0 N–H and O–H groups in total. The Hall–Kier alpha value is 0.250. The predicted octanol–water partition coefficient (Wildman–Crippen LogP) is 3.05. The summed E-state index contributed by atoms with van der Waals surface area (Å²) < 4.78 is 0. The second-order valence-corrected chi connectivity index (χ2v) is 4.66. The molecule has 1 fully saturated rings. The van der Waals surface area contributed by atoms with Crippen LogP contribution in [0.1, 0.15) is 27.2 Å². The normalized spacial score (nSPS) is 44.3. The lowest BCUT2D eigenvalue weighted by Crippen LogP contribution is -2.14. The highest BCUT2D eigenvalue weighted by atomic mass is 35.5. The molecular weight excluding hydrogens is 181 g/mol. The van der Waals surface area contributed by atoms with Gasteiger partial charge in [0.25, 0.3) is 0 Å². The average Bonchev–Trinajstić information content (AvgIpc) is 2.35. The quantitative estimate of drug-likeness (QED) is 0.473. The number of nitrogens with zero attached hydrogens (tertiary/aromatic N) is 1. The maximum Gasteiger partial charge on any atom is 0.108 e. The summed E-state index contributed by atoms with van der Waals surface area (Å²) in [5.41, 5.74) is -0.0634. The minimum absolute atomic E-state index is 0.0634. The minimum Gasteiger partial charge on any atom is -0.277 e. The molecule has 0 aliphatic heterocycles. The van der Waals surface area contributed by atoms with E-state index in [0.29, 0.717) is 5.17 Å². The molecule has 2 atom stereocenters. The molecule has 1 aliphatic rings. The molecule has 0 bridgehead atoms. The maximum atomic E-state index is 6.11. The SMILES string of the molecule is CC/N=C(\Cl)C1(C)CC1(C)Cl. The third kappa shape index (κ3) is 1.41. The minimum atomic E-state index is -0.164. The van der Waals surface area contributed by atoms with Crippen LogP contribution in [0.25, 0.3) is 0 Å². The van der Waals surface area contributed by atoms with Gasteiger partial charge in [-0.25, -0.2) is 0 Å². The van der Waals surface area contributed by atoms with E-state index in [0.717, 1.165) is 13.0 Å². The van der Waals surface area contributed by atoms with E-state index in [1.165, 1.54) is 0 Å². The van der Waals surface area contributed by atoms with Crippen LogP contribution >= 0.6 is 23.2 Å². The van der Waals surface area contributed by atoms with Crippen molar-refractivity contribution in [2.75, 3.05) is 6.54 Å². The van der Waals surface area contributed by atoms with Gasteiger partial charge in [-0.15, -0.1) is 11.6 Å². The Labute approximate surface area is 77.8 Å². The Kier molecular flexibility index (Phi) is 2.24. The smallest absolute Gasteiger partial charge is 0.108 e. The second-order valence-electron chi connectivity index (χ2n) is 3.47. The Morgan fingerprint density at radius 2 is 2.00 bits per heavy atom. The van der Waals surface area contributed by atoms with Gasteiger partial charge in [0.1, 0.15) is 5.17 Å². The van der Waals surface area contributed by atoms with Crippen LogP contribution in [0, 0.1) is 5.41 Å². The number of alkyl halides is 1. The zero-order valence-electron chi connectivity index (χ0n) is 7.12. The maximum absolute atomic E-state index is 6.11. The fourth-order valence-electron chi connectivity index (χ4n) is 1.22. The molecule has 1 nitrogen and oxygen atoms in total. The molecule has 1 aliphatic carbocycles. The zero-order valence-corrected chi connectivity index (χ0v) is 8.63. The van der Waals surface area contributed by atoms with Gasteiger partial charge in [0.05, 0.1) is 4.87 Å². The first kappa shape index (κ1) is 9.34. The van der Waals surface area contributed by atoms with Crippen molar-refractivity contribution < 1.29 is 0 Å². The monoisotopic (exact) mass is 193 g/mol. The molecule has 0 saturated heterocycles. The third-order valence-electron chi connectivity index (χ3n) is 2.46. The van der Waals surface area contributed by atoms with Gasteiger partial charge in [-0.05, 0) is 20.3 Å². The van der Waals surface area contributed by atoms with Gasteiger partial charge in [0.15, 0.2) is 0 Å². The number of hydrogen-bond acceptors (Lipinski definition) is 1. The summed E-state index contributed by atoms with van der Waals surface area (Å²) in [6.07, 6.45) is 0.934. The second kappa shape index (κ2) is 2.63. The Morgan fingerprint density at radius 1 is 1.55 bits per heavy atom. The number of halogens is 2. The predicted molar refractivity (Wildman–Crippen MR) is 50.8 cm³/mol. The van der Waals surface area contributed by atoms with Crippen molar-refractivity contribution in [3.05, 3.63) is 0 Å². The molecule has 2 unspecified atom stereocenters. The molecule has 64 valence electrons. The molecule has 0 amide bonds. The van der Waals surface area contributed by atoms with E-state index in [-0.39, 0.29) is 10.3 Å². The van der Waals surface area contributed by atoms with E-state index in [2.05, 4.69) is 11.9 Å². The van der Waals surface area contributed by atoms with Crippen molar-refractivity contribution in [1.29, 1.82) is 0 Å². The van der Waals surface area contributed by atoms with Crippen LogP contribution in [0.5, 0.6) is 0 Å². The molecule has 0 aromatic rings. The summed E-state index contributed by atoms with van der Waals surface area (Å²) in [5.74, 6) is 0. The van der Waals surface area contributed by atoms with E-state index in [4.69, 9.17) is 23.2 Å². The highest BCUT2D eigenvalue weighted by molar-refractivity contribution is 6.68. The molecule has 1 saturated carbocycles. The Bertz CT molecular complexity index is 198. The summed E-state index contributed by atoms with van der Waals surface area (Å²) in [6, 6.07) is 0. The van der Waals surface area contributed by atoms with E-state index in [1.807, 2.05) is 13.8 Å². The summed E-state index contributed by atoms with van der Waals surface area (Å²) in [5, 5.41) is 0.678. The van der Waals surface area contributed by atoms with Crippen LogP contribution in [0.3, 0.4) is 0 Å². The third-order valence-corrected chi connectivity index (χ3v) is 3.55. The van der Waals surface area contributed by atoms with Gasteiger partial charge in [-0.3, -0.25) is 4.99 Å². The molecule has 0 heterocycles. The van der Waals surface area contributed by atoms with Gasteiger partial charge < -0.3 is 0 Å². The molecule has 0 aromatic heterocycles. The highest BCUT2D eigenvalue weighted by Gasteiger charge is 2.63. The first-order valence-corrected chi connectivity index (χ1v) is 4.59. The lowest BCUT2D eigenvalue weighted by molar-refractivity contribution is 0.739. The van der Waals surface area contributed by atoms with Crippen molar-refractivity contribution in [1.82, 2.24) is 0 Å². The lowest BCUT2D eigenvalue weighted by atomic mass is 10.1. The molecule has 0 aromatic carbocycles. The summed E-state index contributed by atoms with van der Waals surface area (Å²) in [6.45, 7) is 6.77. The van der Waals surface area contributed by atoms with E-state index < -0.39 is 0 Å². The van der Waals surface area contributed by atoms with Crippen molar-refractivity contribution in [3.63, 3.8) is 0 Å². The zero-order chi connectivity index (χ0) is 8.70. The van der Waals surface area contributed by atoms with E-state index in [1.54, 1.807) is 0 Å². The summed E-state index contributed by atoms with van der Waals surface area (Å²) >= 11 is 12.1. The Balaban J connectivity index is 2.71. The largest absolute Gasteiger partial charge is 0.277 e. The summed E-state index contributed by atoms with van der Waals surface area (Å²) in [7, 11) is 0. The van der Waals surface area contributed by atoms with Crippen LogP contribution < -0.4 is 0 Å². The number of hydrogen-bond donors (Lipinski definition) is 0. The topological polar surface area (TPSA) is 12.4 Å². The van der Waals surface area contributed by atoms with Crippen molar-refractivity contribution >= 4 is 28.4 Å². The molecule has 0 radical (unpaired) electrons. The van der Waals surface area contributed by atoms with Gasteiger partial charge in [-0.2, -0.15) is 0 Å². The van der Waals surface area contributed by atoms with E-state index >= 15 is 0 Å². The number of rotatable bonds is 2.